The average molecular weight is 440 g/mol. The van der Waals surface area contributed by atoms with Crippen LogP contribution in [0.3, 0.4) is 0 Å². The third-order valence-electron chi connectivity index (χ3n) is 5.89. The molecule has 0 unspecified atom stereocenters. The first-order valence-electron chi connectivity index (χ1n) is 10.5. The molecule has 31 heavy (non-hydrogen) atoms. The molecule has 1 saturated heterocycles. The van der Waals surface area contributed by atoms with E-state index in [0.717, 1.165) is 36.0 Å². The summed E-state index contributed by atoms with van der Waals surface area (Å²) in [5.41, 5.74) is 2.71. The quantitative estimate of drug-likeness (QED) is 0.383. The maximum absolute atomic E-state index is 10.2. The van der Waals surface area contributed by atoms with E-state index in [-0.39, 0.29) is 0 Å². The van der Waals surface area contributed by atoms with Gasteiger partial charge >= 0.3 is 0 Å². The molecule has 5 rings (SSSR count). The molecule has 1 aliphatic heterocycles. The van der Waals surface area contributed by atoms with E-state index in [2.05, 4.69) is 31.7 Å². The zero-order valence-corrected chi connectivity index (χ0v) is 17.8. The molecule has 162 valence electrons. The van der Waals surface area contributed by atoms with Crippen LogP contribution in [-0.2, 0) is 0 Å². The molecule has 0 atom stereocenters. The lowest BCUT2D eigenvalue weighted by Crippen LogP contribution is -2.21. The fourth-order valence-corrected chi connectivity index (χ4v) is 5.96. The first-order chi connectivity index (χ1) is 15.0. The Morgan fingerprint density at radius 1 is 1.13 bits per heavy atom. The van der Waals surface area contributed by atoms with E-state index in [1.807, 2.05) is 24.3 Å². The van der Waals surface area contributed by atoms with Crippen LogP contribution in [0.5, 0.6) is 0 Å². The Balaban J connectivity index is 1.42. The molecule has 10 heteroatoms. The monoisotopic (exact) mass is 439 g/mol. The second kappa shape index (κ2) is 7.92. The molecule has 2 fully saturated rings. The van der Waals surface area contributed by atoms with Crippen LogP contribution < -0.4 is 14.9 Å². The highest BCUT2D eigenvalue weighted by Crippen LogP contribution is 2.51. The molecule has 2 aliphatic rings. The summed E-state index contributed by atoms with van der Waals surface area (Å²) >= 11 is 0. The van der Waals surface area contributed by atoms with E-state index < -0.39 is 10.8 Å². The lowest BCUT2D eigenvalue weighted by molar-refractivity contribution is 0.491. The summed E-state index contributed by atoms with van der Waals surface area (Å²) in [5.74, 6) is 1.51. The van der Waals surface area contributed by atoms with E-state index in [4.69, 9.17) is 0 Å². The van der Waals surface area contributed by atoms with Gasteiger partial charge in [-0.1, -0.05) is 12.8 Å². The van der Waals surface area contributed by atoms with Crippen molar-refractivity contribution in [1.29, 1.82) is 5.26 Å². The molecule has 1 saturated carbocycles. The molecule has 0 amide bonds. The van der Waals surface area contributed by atoms with Gasteiger partial charge in [-0.25, -0.2) is 0 Å². The van der Waals surface area contributed by atoms with Crippen molar-refractivity contribution in [2.45, 2.75) is 38.1 Å². The van der Waals surface area contributed by atoms with Crippen molar-refractivity contribution in [1.82, 2.24) is 15.0 Å². The number of nitrogens with one attached hydrogen (secondary N) is 3. The molecule has 0 bridgehead atoms. The normalized spacial score (nSPS) is 19.5. The smallest absolute Gasteiger partial charge is 0.231 e. The molecule has 1 aliphatic carbocycles. The number of aromatic amines is 1. The van der Waals surface area contributed by atoms with E-state index in [1.54, 1.807) is 10.5 Å². The van der Waals surface area contributed by atoms with Crippen molar-refractivity contribution in [3.05, 3.63) is 36.0 Å². The number of nitriles is 1. The van der Waals surface area contributed by atoms with Crippen LogP contribution in [0.15, 0.2) is 30.5 Å². The van der Waals surface area contributed by atoms with Crippen molar-refractivity contribution in [3.63, 3.8) is 0 Å². The highest BCUT2D eigenvalue weighted by Gasteiger charge is 2.29. The molecule has 5 N–H and O–H groups in total. The third kappa shape index (κ3) is 3.87. The first kappa shape index (κ1) is 19.9. The predicted molar refractivity (Wildman–Crippen MR) is 124 cm³/mol. The van der Waals surface area contributed by atoms with Gasteiger partial charge < -0.3 is 15.6 Å². The van der Waals surface area contributed by atoms with Gasteiger partial charge in [-0.15, -0.1) is 10.8 Å². The number of hydrogen-bond acceptors (Lipinski definition) is 8. The standard InChI is InChI=1S/C21H25N7O2S/c22-12-14-13-23-19-18(14)20(24-15-4-1-2-5-15)27-21(26-19)25-16-6-8-17(9-7-16)28-10-3-11-31(28,29)30/h6-9,13,15,29-30H,1-5,10-11H2,(H3,23,24,25,26,27). The van der Waals surface area contributed by atoms with Gasteiger partial charge in [0, 0.05) is 24.5 Å². The molecular formula is C21H25N7O2S. The van der Waals surface area contributed by atoms with E-state index in [9.17, 15) is 14.4 Å². The van der Waals surface area contributed by atoms with Gasteiger partial charge in [-0.05, 0) is 43.5 Å². The fraction of sp³-hybridized carbons (Fsp3) is 0.381. The third-order valence-corrected chi connectivity index (χ3v) is 7.83. The number of fused-ring (bicyclic) bond motifs is 1. The van der Waals surface area contributed by atoms with Gasteiger partial charge in [0.1, 0.15) is 17.5 Å². The number of aromatic nitrogens is 3. The molecule has 2 aromatic heterocycles. The van der Waals surface area contributed by atoms with E-state index in [1.165, 1.54) is 12.8 Å². The van der Waals surface area contributed by atoms with Crippen molar-refractivity contribution in [3.8, 4) is 6.07 Å². The predicted octanol–water partition coefficient (Wildman–Crippen LogP) is 4.80. The van der Waals surface area contributed by atoms with Crippen LogP contribution in [0.1, 0.15) is 37.7 Å². The van der Waals surface area contributed by atoms with Gasteiger partial charge in [0.15, 0.2) is 0 Å². The van der Waals surface area contributed by atoms with Crippen LogP contribution >= 0.6 is 10.8 Å². The maximum Gasteiger partial charge on any atom is 0.231 e. The topological polar surface area (TPSA) is 133 Å². The van der Waals surface area contributed by atoms with Gasteiger partial charge in [-0.2, -0.15) is 15.2 Å². The summed E-state index contributed by atoms with van der Waals surface area (Å²) in [4.78, 5) is 12.3. The summed E-state index contributed by atoms with van der Waals surface area (Å²) in [6, 6.07) is 10.0. The number of hydrogen-bond donors (Lipinski definition) is 5. The minimum absolute atomic E-state index is 0.354. The Morgan fingerprint density at radius 3 is 2.58 bits per heavy atom. The SMILES string of the molecule is N#Cc1c[nH]c2nc(Nc3ccc(N4CCCS4(O)O)cc3)nc(NC3CCCC3)c12. The molecule has 0 spiro atoms. The highest BCUT2D eigenvalue weighted by molar-refractivity contribution is 8.25. The molecule has 9 nitrogen and oxygen atoms in total. The van der Waals surface area contributed by atoms with Crippen LogP contribution in [0, 0.1) is 11.3 Å². The Kier molecular flexibility index (Phi) is 5.09. The number of anilines is 4. The van der Waals surface area contributed by atoms with Crippen molar-refractivity contribution >= 4 is 45.0 Å². The number of H-pyrrole nitrogens is 1. The van der Waals surface area contributed by atoms with Crippen LogP contribution in [0.25, 0.3) is 11.0 Å². The minimum Gasteiger partial charge on any atom is -0.367 e. The van der Waals surface area contributed by atoms with Crippen LogP contribution in [0.2, 0.25) is 0 Å². The van der Waals surface area contributed by atoms with E-state index in [0.29, 0.717) is 41.3 Å². The Hall–Kier alpha value is -3.00. The fourth-order valence-electron chi connectivity index (χ4n) is 4.34. The van der Waals surface area contributed by atoms with Gasteiger partial charge in [-0.3, -0.25) is 13.4 Å². The maximum atomic E-state index is 10.2. The number of rotatable bonds is 5. The Labute approximate surface area is 182 Å². The second-order valence-corrected chi connectivity index (χ2v) is 10.1. The number of nitrogens with zero attached hydrogens (tertiary/aromatic N) is 4. The largest absolute Gasteiger partial charge is 0.367 e. The Bertz CT molecular complexity index is 1130. The summed E-state index contributed by atoms with van der Waals surface area (Å²) in [6.07, 6.45) is 7.02. The van der Waals surface area contributed by atoms with Crippen LogP contribution in [0.4, 0.5) is 23.1 Å². The van der Waals surface area contributed by atoms with Gasteiger partial charge in [0.05, 0.1) is 22.4 Å². The summed E-state index contributed by atoms with van der Waals surface area (Å²) in [7, 11) is -2.70. The zero-order valence-electron chi connectivity index (χ0n) is 17.0. The summed E-state index contributed by atoms with van der Waals surface area (Å²) < 4.78 is 22.0. The highest BCUT2D eigenvalue weighted by atomic mass is 32.3. The molecular weight excluding hydrogens is 414 g/mol. The van der Waals surface area contributed by atoms with Crippen molar-refractivity contribution in [2.24, 2.45) is 0 Å². The van der Waals surface area contributed by atoms with Gasteiger partial charge in [0.2, 0.25) is 5.95 Å². The Morgan fingerprint density at radius 2 is 1.90 bits per heavy atom. The minimum atomic E-state index is -2.70. The lowest BCUT2D eigenvalue weighted by Gasteiger charge is -2.38. The molecule has 3 aromatic rings. The van der Waals surface area contributed by atoms with Crippen LogP contribution in [-0.4, -0.2) is 42.4 Å². The lowest BCUT2D eigenvalue weighted by atomic mass is 10.2. The van der Waals surface area contributed by atoms with Crippen molar-refractivity contribution in [2.75, 3.05) is 27.2 Å². The second-order valence-electron chi connectivity index (χ2n) is 8.02. The molecule has 0 radical (unpaired) electrons. The molecule has 1 aromatic carbocycles. The first-order valence-corrected chi connectivity index (χ1v) is 12.2. The summed E-state index contributed by atoms with van der Waals surface area (Å²) in [6.45, 7) is 0.638. The average Bonchev–Trinajstić information content (AvgIpc) is 3.48. The van der Waals surface area contributed by atoms with E-state index >= 15 is 0 Å². The van der Waals surface area contributed by atoms with Crippen molar-refractivity contribution < 1.29 is 9.11 Å². The number of benzene rings is 1. The van der Waals surface area contributed by atoms with Gasteiger partial charge in [0.25, 0.3) is 0 Å². The summed E-state index contributed by atoms with van der Waals surface area (Å²) in [5, 5.41) is 16.9. The molecule has 3 heterocycles. The zero-order chi connectivity index (χ0) is 21.4.